The van der Waals surface area contributed by atoms with Gasteiger partial charge in [0.05, 0.1) is 18.1 Å². The molecule has 20 heavy (non-hydrogen) atoms. The Labute approximate surface area is 116 Å². The van der Waals surface area contributed by atoms with Gasteiger partial charge >= 0.3 is 5.97 Å². The van der Waals surface area contributed by atoms with Crippen molar-refractivity contribution in [3.05, 3.63) is 29.8 Å². The van der Waals surface area contributed by atoms with Crippen LogP contribution in [0.3, 0.4) is 0 Å². The van der Waals surface area contributed by atoms with Gasteiger partial charge in [-0.05, 0) is 19.1 Å². The van der Waals surface area contributed by atoms with E-state index >= 15 is 0 Å². The molecule has 2 rings (SSSR count). The van der Waals surface area contributed by atoms with E-state index in [1.165, 1.54) is 12.1 Å². The van der Waals surface area contributed by atoms with Crippen LogP contribution in [0.5, 0.6) is 5.75 Å². The minimum atomic E-state index is -2.96. The number of benzene rings is 1. The summed E-state index contributed by atoms with van der Waals surface area (Å²) in [6, 6.07) is 6.05. The van der Waals surface area contributed by atoms with Gasteiger partial charge in [0.1, 0.15) is 11.9 Å². The van der Waals surface area contributed by atoms with Crippen LogP contribution in [0, 0.1) is 0 Å². The lowest BCUT2D eigenvalue weighted by atomic mass is 10.1. The zero-order valence-electron chi connectivity index (χ0n) is 10.9. The third-order valence-corrected chi connectivity index (χ3v) is 4.50. The maximum Gasteiger partial charge on any atom is 0.379 e. The summed E-state index contributed by atoms with van der Waals surface area (Å²) < 4.78 is 32.1. The third kappa shape index (κ3) is 3.36. The molecular formula is C13H14O6S. The van der Waals surface area contributed by atoms with Crippen molar-refractivity contribution in [2.45, 2.75) is 13.0 Å². The number of Topliss-reactive ketones (excluding diaryl/α,β-unsaturated/α-hetero) is 1. The van der Waals surface area contributed by atoms with Gasteiger partial charge in [0.15, 0.2) is 9.84 Å². The number of ether oxygens (including phenoxy) is 2. The van der Waals surface area contributed by atoms with Crippen molar-refractivity contribution >= 4 is 21.6 Å². The molecule has 0 aromatic heterocycles. The molecule has 0 bridgehead atoms. The quantitative estimate of drug-likeness (QED) is 0.449. The highest BCUT2D eigenvalue weighted by atomic mass is 32.2. The van der Waals surface area contributed by atoms with Crippen LogP contribution in [-0.2, 0) is 19.4 Å². The first kappa shape index (κ1) is 14.5. The highest BCUT2D eigenvalue weighted by molar-refractivity contribution is 7.92. The molecular weight excluding hydrogens is 284 g/mol. The summed E-state index contributed by atoms with van der Waals surface area (Å²) in [5.41, 5.74) is 0.156. The van der Waals surface area contributed by atoms with E-state index < -0.39 is 27.7 Å². The van der Waals surface area contributed by atoms with Crippen LogP contribution in [0.2, 0.25) is 0 Å². The van der Waals surface area contributed by atoms with E-state index in [9.17, 15) is 18.0 Å². The van der Waals surface area contributed by atoms with Crippen molar-refractivity contribution in [2.24, 2.45) is 0 Å². The number of carbonyl (C=O) groups excluding carboxylic acids is 2. The van der Waals surface area contributed by atoms with Gasteiger partial charge in [-0.1, -0.05) is 12.1 Å². The number of hydrogen-bond acceptors (Lipinski definition) is 6. The molecule has 6 nitrogen and oxygen atoms in total. The monoisotopic (exact) mass is 298 g/mol. The molecule has 1 saturated heterocycles. The SMILES string of the molecule is CCOC(=O)C(=O)c1cccc(OC2CS(=O)(=O)C2)c1. The predicted octanol–water partition coefficient (Wildman–Crippen LogP) is 0.608. The van der Waals surface area contributed by atoms with Crippen LogP contribution in [0.15, 0.2) is 24.3 Å². The number of ketones is 1. The van der Waals surface area contributed by atoms with Crippen molar-refractivity contribution in [2.75, 3.05) is 18.1 Å². The zero-order chi connectivity index (χ0) is 14.8. The molecule has 0 amide bonds. The molecule has 108 valence electrons. The van der Waals surface area contributed by atoms with Crippen molar-refractivity contribution in [1.82, 2.24) is 0 Å². The molecule has 1 fully saturated rings. The molecule has 1 aromatic rings. The predicted molar refractivity (Wildman–Crippen MR) is 70.5 cm³/mol. The van der Waals surface area contributed by atoms with Gasteiger partial charge in [-0.25, -0.2) is 13.2 Å². The van der Waals surface area contributed by atoms with Gasteiger partial charge in [-0.15, -0.1) is 0 Å². The Balaban J connectivity index is 2.05. The van der Waals surface area contributed by atoms with Gasteiger partial charge in [0.2, 0.25) is 0 Å². The highest BCUT2D eigenvalue weighted by Gasteiger charge is 2.35. The molecule has 0 radical (unpaired) electrons. The molecule has 7 heteroatoms. The van der Waals surface area contributed by atoms with Crippen LogP contribution in [0.25, 0.3) is 0 Å². The third-order valence-electron chi connectivity index (χ3n) is 2.74. The van der Waals surface area contributed by atoms with E-state index in [0.29, 0.717) is 5.75 Å². The van der Waals surface area contributed by atoms with Crippen LogP contribution >= 0.6 is 0 Å². The highest BCUT2D eigenvalue weighted by Crippen LogP contribution is 2.21. The molecule has 0 aliphatic carbocycles. The smallest absolute Gasteiger partial charge is 0.379 e. The van der Waals surface area contributed by atoms with E-state index in [4.69, 9.17) is 4.74 Å². The normalized spacial score (nSPS) is 17.1. The summed E-state index contributed by atoms with van der Waals surface area (Å²) in [4.78, 5) is 23.1. The standard InChI is InChI=1S/C13H14O6S/c1-2-18-13(15)12(14)9-4-3-5-10(6-9)19-11-7-20(16,17)8-11/h3-6,11H,2,7-8H2,1H3. The number of carbonyl (C=O) groups is 2. The molecule has 0 N–H and O–H groups in total. The van der Waals surface area contributed by atoms with Crippen molar-refractivity contribution < 1.29 is 27.5 Å². The average Bonchev–Trinajstić information content (AvgIpc) is 2.36. The van der Waals surface area contributed by atoms with Crippen LogP contribution in [0.4, 0.5) is 0 Å². The zero-order valence-corrected chi connectivity index (χ0v) is 11.7. The Hall–Kier alpha value is -1.89. The van der Waals surface area contributed by atoms with Gasteiger partial charge < -0.3 is 9.47 Å². The lowest BCUT2D eigenvalue weighted by Crippen LogP contribution is -2.45. The van der Waals surface area contributed by atoms with Crippen molar-refractivity contribution in [3.8, 4) is 5.75 Å². The Morgan fingerprint density at radius 3 is 2.60 bits per heavy atom. The van der Waals surface area contributed by atoms with E-state index in [-0.39, 0.29) is 23.7 Å². The summed E-state index contributed by atoms with van der Waals surface area (Å²) in [6.07, 6.45) is -0.395. The molecule has 0 saturated carbocycles. The summed E-state index contributed by atoms with van der Waals surface area (Å²) in [7, 11) is -2.96. The van der Waals surface area contributed by atoms with E-state index in [1.807, 2.05) is 0 Å². The van der Waals surface area contributed by atoms with Crippen LogP contribution < -0.4 is 4.74 Å². The summed E-state index contributed by atoms with van der Waals surface area (Å²) in [5.74, 6) is -1.36. The van der Waals surface area contributed by atoms with Crippen molar-refractivity contribution in [1.29, 1.82) is 0 Å². The summed E-state index contributed by atoms with van der Waals surface area (Å²) in [5, 5.41) is 0. The molecule has 1 aliphatic heterocycles. The second-order valence-electron chi connectivity index (χ2n) is 4.39. The van der Waals surface area contributed by atoms with Gasteiger partial charge in [0.25, 0.3) is 5.78 Å². The van der Waals surface area contributed by atoms with E-state index in [0.717, 1.165) is 0 Å². The minimum absolute atomic E-state index is 0.0248. The summed E-state index contributed by atoms with van der Waals surface area (Å²) in [6.45, 7) is 1.74. The van der Waals surface area contributed by atoms with Gasteiger partial charge in [-0.3, -0.25) is 4.79 Å². The maximum atomic E-state index is 11.7. The first-order valence-corrected chi connectivity index (χ1v) is 7.92. The second-order valence-corrected chi connectivity index (χ2v) is 6.55. The first-order chi connectivity index (χ1) is 9.41. The first-order valence-electron chi connectivity index (χ1n) is 6.10. The average molecular weight is 298 g/mol. The van der Waals surface area contributed by atoms with Crippen LogP contribution in [-0.4, -0.2) is 44.4 Å². The summed E-state index contributed by atoms with van der Waals surface area (Å²) >= 11 is 0. The lowest BCUT2D eigenvalue weighted by Gasteiger charge is -2.26. The fourth-order valence-electron chi connectivity index (χ4n) is 1.80. The molecule has 0 atom stereocenters. The fourth-order valence-corrected chi connectivity index (χ4v) is 2.97. The number of sulfone groups is 1. The van der Waals surface area contributed by atoms with E-state index in [2.05, 4.69) is 4.74 Å². The Morgan fingerprint density at radius 1 is 1.30 bits per heavy atom. The molecule has 1 aliphatic rings. The van der Waals surface area contributed by atoms with Gasteiger partial charge in [-0.2, -0.15) is 0 Å². The molecule has 0 unspecified atom stereocenters. The second kappa shape index (κ2) is 5.62. The van der Waals surface area contributed by atoms with Crippen molar-refractivity contribution in [3.63, 3.8) is 0 Å². The number of hydrogen-bond donors (Lipinski definition) is 0. The van der Waals surface area contributed by atoms with Gasteiger partial charge in [0, 0.05) is 5.56 Å². The topological polar surface area (TPSA) is 86.7 Å². The lowest BCUT2D eigenvalue weighted by molar-refractivity contribution is -0.137. The van der Waals surface area contributed by atoms with Crippen LogP contribution in [0.1, 0.15) is 17.3 Å². The maximum absolute atomic E-state index is 11.7. The molecule has 1 heterocycles. The molecule has 1 aromatic carbocycles. The largest absolute Gasteiger partial charge is 0.488 e. The Bertz CT molecular complexity index is 622. The minimum Gasteiger partial charge on any atom is -0.488 e. The van der Waals surface area contributed by atoms with E-state index in [1.54, 1.807) is 19.1 Å². The molecule has 0 spiro atoms. The number of rotatable bonds is 5. The fraction of sp³-hybridized carbons (Fsp3) is 0.385. The Kier molecular flexibility index (Phi) is 4.08. The Morgan fingerprint density at radius 2 is 2.00 bits per heavy atom. The number of esters is 1.